The Hall–Kier alpha value is -2.34. The van der Waals surface area contributed by atoms with E-state index in [9.17, 15) is 18.0 Å². The fourth-order valence-corrected chi connectivity index (χ4v) is 3.72. The monoisotopic (exact) mass is 349 g/mol. The molecule has 0 aliphatic carbocycles. The molecule has 0 bridgehead atoms. The summed E-state index contributed by atoms with van der Waals surface area (Å²) in [7, 11) is 0. The summed E-state index contributed by atoms with van der Waals surface area (Å²) >= 11 is 1.20. The highest BCUT2D eigenvalue weighted by Crippen LogP contribution is 2.32. The number of nitrogens with one attached hydrogen (secondary N) is 1. The Morgan fingerprint density at radius 3 is 2.50 bits per heavy atom. The van der Waals surface area contributed by atoms with Gasteiger partial charge in [0, 0.05) is 10.1 Å². The number of carbonyl (C=O) groups is 1. The van der Waals surface area contributed by atoms with E-state index in [2.05, 4.69) is 5.32 Å². The molecule has 1 unspecified atom stereocenters. The first-order valence-corrected chi connectivity index (χ1v) is 8.13. The molecule has 2 nitrogen and oxygen atoms in total. The molecule has 0 aliphatic heterocycles. The molecule has 1 heterocycles. The second kappa shape index (κ2) is 6.28. The number of carbonyl (C=O) groups excluding carboxylic acids is 1. The SMILES string of the molecule is Cc1c(C(=O)NC(C)c2ccc(F)c(F)c2)sc2cccc(F)c12. The van der Waals surface area contributed by atoms with Gasteiger partial charge in [0.1, 0.15) is 5.82 Å². The van der Waals surface area contributed by atoms with Gasteiger partial charge < -0.3 is 5.32 Å². The van der Waals surface area contributed by atoms with E-state index in [1.165, 1.54) is 23.5 Å². The summed E-state index contributed by atoms with van der Waals surface area (Å²) in [6.45, 7) is 3.37. The van der Waals surface area contributed by atoms with Gasteiger partial charge in [-0.3, -0.25) is 4.79 Å². The standard InChI is InChI=1S/C18H14F3NOS/c1-9-16-13(20)4-3-5-15(16)24-17(9)18(23)22-10(2)11-6-7-12(19)14(21)8-11/h3-8,10H,1-2H3,(H,22,23). The third kappa shape index (κ3) is 2.89. The van der Waals surface area contributed by atoms with E-state index in [4.69, 9.17) is 0 Å². The smallest absolute Gasteiger partial charge is 0.262 e. The summed E-state index contributed by atoms with van der Waals surface area (Å²) in [5, 5.41) is 3.18. The molecule has 1 amide bonds. The summed E-state index contributed by atoms with van der Waals surface area (Å²) in [4.78, 5) is 12.9. The van der Waals surface area contributed by atoms with E-state index in [-0.39, 0.29) is 11.7 Å². The van der Waals surface area contributed by atoms with Crippen LogP contribution in [-0.4, -0.2) is 5.91 Å². The van der Waals surface area contributed by atoms with Crippen molar-refractivity contribution in [3.8, 4) is 0 Å². The van der Waals surface area contributed by atoms with Gasteiger partial charge in [0.2, 0.25) is 0 Å². The maximum Gasteiger partial charge on any atom is 0.262 e. The molecule has 1 atom stereocenters. The first-order chi connectivity index (χ1) is 11.4. The Balaban J connectivity index is 1.88. The molecule has 1 N–H and O–H groups in total. The van der Waals surface area contributed by atoms with Crippen LogP contribution in [0.25, 0.3) is 10.1 Å². The maximum absolute atomic E-state index is 13.9. The lowest BCUT2D eigenvalue weighted by Gasteiger charge is -2.14. The maximum atomic E-state index is 13.9. The Morgan fingerprint density at radius 1 is 1.08 bits per heavy atom. The normalized spacial score (nSPS) is 12.4. The van der Waals surface area contributed by atoms with Crippen LogP contribution in [0.5, 0.6) is 0 Å². The lowest BCUT2D eigenvalue weighted by atomic mass is 10.1. The quantitative estimate of drug-likeness (QED) is 0.699. The van der Waals surface area contributed by atoms with Gasteiger partial charge in [-0.1, -0.05) is 12.1 Å². The molecule has 3 aromatic rings. The molecule has 0 aliphatic rings. The van der Waals surface area contributed by atoms with Crippen LogP contribution in [-0.2, 0) is 0 Å². The molecule has 0 saturated carbocycles. The number of halogens is 3. The van der Waals surface area contributed by atoms with Crippen LogP contribution < -0.4 is 5.32 Å². The minimum absolute atomic E-state index is 0.367. The van der Waals surface area contributed by atoms with Gasteiger partial charge in [0.25, 0.3) is 5.91 Å². The van der Waals surface area contributed by atoms with E-state index < -0.39 is 17.7 Å². The largest absolute Gasteiger partial charge is 0.345 e. The van der Waals surface area contributed by atoms with Gasteiger partial charge in [0.15, 0.2) is 11.6 Å². The lowest BCUT2D eigenvalue weighted by molar-refractivity contribution is 0.0943. The molecule has 0 radical (unpaired) electrons. The van der Waals surface area contributed by atoms with Crippen molar-refractivity contribution < 1.29 is 18.0 Å². The van der Waals surface area contributed by atoms with Crippen LogP contribution in [0.3, 0.4) is 0 Å². The summed E-state index contributed by atoms with van der Waals surface area (Å²) in [5.74, 6) is -2.64. The molecule has 1 aromatic heterocycles. The molecule has 0 fully saturated rings. The Morgan fingerprint density at radius 2 is 1.83 bits per heavy atom. The van der Waals surface area contributed by atoms with Gasteiger partial charge >= 0.3 is 0 Å². The minimum Gasteiger partial charge on any atom is -0.345 e. The lowest BCUT2D eigenvalue weighted by Crippen LogP contribution is -2.26. The zero-order valence-electron chi connectivity index (χ0n) is 13.0. The molecule has 2 aromatic carbocycles. The number of thiophene rings is 1. The number of amides is 1. The van der Waals surface area contributed by atoms with Crippen molar-refractivity contribution in [1.82, 2.24) is 5.32 Å². The third-order valence-corrected chi connectivity index (χ3v) is 5.16. The van der Waals surface area contributed by atoms with Crippen molar-refractivity contribution in [3.05, 3.63) is 69.9 Å². The fraction of sp³-hybridized carbons (Fsp3) is 0.167. The highest BCUT2D eigenvalue weighted by Gasteiger charge is 2.20. The van der Waals surface area contributed by atoms with Gasteiger partial charge in [-0.05, 0) is 49.2 Å². The van der Waals surface area contributed by atoms with Crippen LogP contribution in [0.4, 0.5) is 13.2 Å². The second-order valence-electron chi connectivity index (χ2n) is 5.54. The van der Waals surface area contributed by atoms with Gasteiger partial charge in [-0.2, -0.15) is 0 Å². The molecule has 6 heteroatoms. The molecule has 0 spiro atoms. The van der Waals surface area contributed by atoms with E-state index in [1.807, 2.05) is 0 Å². The number of fused-ring (bicyclic) bond motifs is 1. The van der Waals surface area contributed by atoms with Gasteiger partial charge in [0.05, 0.1) is 10.9 Å². The summed E-state index contributed by atoms with van der Waals surface area (Å²) < 4.78 is 40.9. The fourth-order valence-electron chi connectivity index (χ4n) is 2.60. The zero-order valence-corrected chi connectivity index (χ0v) is 13.8. The highest BCUT2D eigenvalue weighted by atomic mass is 32.1. The molecular formula is C18H14F3NOS. The van der Waals surface area contributed by atoms with Crippen molar-refractivity contribution in [2.45, 2.75) is 19.9 Å². The van der Waals surface area contributed by atoms with Crippen LogP contribution >= 0.6 is 11.3 Å². The Kier molecular flexibility index (Phi) is 4.32. The summed E-state index contributed by atoms with van der Waals surface area (Å²) in [6, 6.07) is 7.69. The number of benzene rings is 2. The van der Waals surface area contributed by atoms with Crippen LogP contribution in [0.15, 0.2) is 36.4 Å². The molecule has 3 rings (SSSR count). The predicted octanol–water partition coefficient (Wildman–Crippen LogP) is 5.12. The van der Waals surface area contributed by atoms with Gasteiger partial charge in [-0.25, -0.2) is 13.2 Å². The van der Waals surface area contributed by atoms with Crippen molar-refractivity contribution in [2.75, 3.05) is 0 Å². The van der Waals surface area contributed by atoms with Crippen LogP contribution in [0, 0.1) is 24.4 Å². The van der Waals surface area contributed by atoms with Crippen LogP contribution in [0.2, 0.25) is 0 Å². The highest BCUT2D eigenvalue weighted by molar-refractivity contribution is 7.21. The number of hydrogen-bond acceptors (Lipinski definition) is 2. The van der Waals surface area contributed by atoms with E-state index in [0.29, 0.717) is 26.1 Å². The number of hydrogen-bond donors (Lipinski definition) is 1. The average Bonchev–Trinajstić information content (AvgIpc) is 2.88. The first-order valence-electron chi connectivity index (χ1n) is 7.32. The number of aryl methyl sites for hydroxylation is 1. The second-order valence-corrected chi connectivity index (χ2v) is 6.59. The topological polar surface area (TPSA) is 29.1 Å². The molecule has 24 heavy (non-hydrogen) atoms. The van der Waals surface area contributed by atoms with Crippen molar-refractivity contribution in [2.24, 2.45) is 0 Å². The minimum atomic E-state index is -0.964. The van der Waals surface area contributed by atoms with Crippen molar-refractivity contribution >= 4 is 27.3 Å². The Labute approximate surface area is 140 Å². The third-order valence-electron chi connectivity index (χ3n) is 3.90. The summed E-state index contributed by atoms with van der Waals surface area (Å²) in [5.41, 5.74) is 1.02. The van der Waals surface area contributed by atoms with E-state index in [0.717, 1.165) is 12.1 Å². The predicted molar refractivity (Wildman–Crippen MR) is 88.8 cm³/mol. The van der Waals surface area contributed by atoms with Gasteiger partial charge in [-0.15, -0.1) is 11.3 Å². The zero-order chi connectivity index (χ0) is 17.4. The van der Waals surface area contributed by atoms with E-state index >= 15 is 0 Å². The number of rotatable bonds is 3. The average molecular weight is 349 g/mol. The van der Waals surface area contributed by atoms with E-state index in [1.54, 1.807) is 26.0 Å². The molecule has 124 valence electrons. The van der Waals surface area contributed by atoms with Crippen LogP contribution in [0.1, 0.15) is 33.8 Å². The molecular weight excluding hydrogens is 335 g/mol. The molecule has 0 saturated heterocycles. The van der Waals surface area contributed by atoms with Crippen molar-refractivity contribution in [1.29, 1.82) is 0 Å². The Bertz CT molecular complexity index is 935. The summed E-state index contributed by atoms with van der Waals surface area (Å²) in [6.07, 6.45) is 0. The van der Waals surface area contributed by atoms with Crippen molar-refractivity contribution in [3.63, 3.8) is 0 Å². The first kappa shape index (κ1) is 16.5.